The Kier molecular flexibility index (Phi) is 5.43. The summed E-state index contributed by atoms with van der Waals surface area (Å²) in [5.74, 6) is -4.95. The molecule has 1 aliphatic heterocycles. The van der Waals surface area contributed by atoms with Crippen LogP contribution in [0.15, 0.2) is 17.0 Å². The fourth-order valence-electron chi connectivity index (χ4n) is 2.17. The first-order chi connectivity index (χ1) is 10.3. The van der Waals surface area contributed by atoms with Gasteiger partial charge in [-0.2, -0.15) is 0 Å². The first-order valence-corrected chi connectivity index (χ1v) is 8.26. The van der Waals surface area contributed by atoms with Crippen molar-refractivity contribution in [2.24, 2.45) is 0 Å². The van der Waals surface area contributed by atoms with Crippen LogP contribution in [0, 0.1) is 17.5 Å². The summed E-state index contributed by atoms with van der Waals surface area (Å²) in [4.78, 5) is 1.12. The molecule has 0 amide bonds. The highest BCUT2D eigenvalue weighted by molar-refractivity contribution is 7.89. The van der Waals surface area contributed by atoms with Crippen LogP contribution in [0.25, 0.3) is 0 Å². The molecule has 1 heterocycles. The van der Waals surface area contributed by atoms with E-state index < -0.39 is 32.4 Å². The maximum absolute atomic E-state index is 13.6. The van der Waals surface area contributed by atoms with Crippen molar-refractivity contribution in [3.63, 3.8) is 0 Å². The highest BCUT2D eigenvalue weighted by Gasteiger charge is 2.25. The zero-order valence-electron chi connectivity index (χ0n) is 12.0. The minimum atomic E-state index is -4.25. The molecule has 1 N–H and O–H groups in total. The molecule has 124 valence electrons. The molecular formula is C13H17F3N2O3S. The van der Waals surface area contributed by atoms with Gasteiger partial charge in [0.15, 0.2) is 17.5 Å². The number of halogens is 3. The summed E-state index contributed by atoms with van der Waals surface area (Å²) >= 11 is 0. The van der Waals surface area contributed by atoms with Gasteiger partial charge in [-0.3, -0.25) is 4.90 Å². The van der Waals surface area contributed by atoms with Crippen LogP contribution in [0.2, 0.25) is 0 Å². The van der Waals surface area contributed by atoms with E-state index in [1.54, 1.807) is 0 Å². The molecule has 0 bridgehead atoms. The van der Waals surface area contributed by atoms with E-state index in [4.69, 9.17) is 4.74 Å². The first-order valence-electron chi connectivity index (χ1n) is 6.78. The van der Waals surface area contributed by atoms with Gasteiger partial charge in [0.25, 0.3) is 0 Å². The average molecular weight is 338 g/mol. The number of nitrogens with zero attached hydrogens (tertiary/aromatic N) is 1. The third kappa shape index (κ3) is 3.78. The second-order valence-electron chi connectivity index (χ2n) is 5.02. The number of morpholine rings is 1. The van der Waals surface area contributed by atoms with E-state index >= 15 is 0 Å². The number of benzene rings is 1. The highest BCUT2D eigenvalue weighted by Crippen LogP contribution is 2.19. The number of nitrogens with one attached hydrogen (secondary N) is 1. The Balaban J connectivity index is 2.06. The molecule has 1 aromatic rings. The standard InChI is InChI=1S/C13H17F3N2O3S/c1-9(18-4-6-21-7-5-18)8-17-22(19,20)11-3-2-10(14)12(15)13(11)16/h2-3,9,17H,4-8H2,1H3/t9-/m0/s1. The lowest BCUT2D eigenvalue weighted by Crippen LogP contribution is -2.47. The van der Waals surface area contributed by atoms with Crippen molar-refractivity contribution in [1.29, 1.82) is 0 Å². The van der Waals surface area contributed by atoms with Gasteiger partial charge in [-0.25, -0.2) is 26.3 Å². The van der Waals surface area contributed by atoms with Crippen LogP contribution in [0.4, 0.5) is 13.2 Å². The monoisotopic (exact) mass is 338 g/mol. The molecule has 1 atom stereocenters. The lowest BCUT2D eigenvalue weighted by Gasteiger charge is -2.32. The lowest BCUT2D eigenvalue weighted by atomic mass is 10.2. The van der Waals surface area contributed by atoms with E-state index in [-0.39, 0.29) is 12.6 Å². The molecule has 1 fully saturated rings. The van der Waals surface area contributed by atoms with Crippen molar-refractivity contribution in [3.8, 4) is 0 Å². The lowest BCUT2D eigenvalue weighted by molar-refractivity contribution is 0.0213. The fraction of sp³-hybridized carbons (Fsp3) is 0.538. The summed E-state index contributed by atoms with van der Waals surface area (Å²) in [5.41, 5.74) is 0. The summed E-state index contributed by atoms with van der Waals surface area (Å²) < 4.78 is 71.0. The average Bonchev–Trinajstić information content (AvgIpc) is 2.51. The fourth-order valence-corrected chi connectivity index (χ4v) is 3.36. The van der Waals surface area contributed by atoms with Gasteiger partial charge in [-0.1, -0.05) is 0 Å². The Hall–Kier alpha value is -1.16. The van der Waals surface area contributed by atoms with Crippen molar-refractivity contribution >= 4 is 10.0 Å². The molecule has 0 spiro atoms. The predicted octanol–water partition coefficient (Wildman–Crippen LogP) is 1.10. The Morgan fingerprint density at radius 1 is 1.23 bits per heavy atom. The minimum absolute atomic E-state index is 0.0285. The zero-order chi connectivity index (χ0) is 16.3. The number of hydrogen-bond acceptors (Lipinski definition) is 4. The van der Waals surface area contributed by atoms with Gasteiger partial charge < -0.3 is 4.74 Å². The molecule has 1 aromatic carbocycles. The Morgan fingerprint density at radius 2 is 1.86 bits per heavy atom. The van der Waals surface area contributed by atoms with Gasteiger partial charge in [0.05, 0.1) is 13.2 Å². The third-order valence-electron chi connectivity index (χ3n) is 3.53. The number of rotatable bonds is 5. The molecule has 0 radical (unpaired) electrons. The van der Waals surface area contributed by atoms with Crippen LogP contribution < -0.4 is 4.72 Å². The van der Waals surface area contributed by atoms with E-state index in [2.05, 4.69) is 4.72 Å². The third-order valence-corrected chi connectivity index (χ3v) is 4.97. The maximum Gasteiger partial charge on any atom is 0.243 e. The van der Waals surface area contributed by atoms with Crippen LogP contribution in [0.1, 0.15) is 6.92 Å². The Bertz CT molecular complexity index is 634. The number of ether oxygens (including phenoxy) is 1. The molecule has 9 heteroatoms. The van der Waals surface area contributed by atoms with Crippen LogP contribution in [0.3, 0.4) is 0 Å². The summed E-state index contributed by atoms with van der Waals surface area (Å²) in [7, 11) is -4.25. The van der Waals surface area contributed by atoms with Crippen molar-refractivity contribution in [2.45, 2.75) is 17.9 Å². The van der Waals surface area contributed by atoms with Crippen molar-refractivity contribution in [2.75, 3.05) is 32.8 Å². The van der Waals surface area contributed by atoms with E-state index in [1.165, 1.54) is 0 Å². The predicted molar refractivity (Wildman–Crippen MR) is 73.4 cm³/mol. The molecule has 22 heavy (non-hydrogen) atoms. The van der Waals surface area contributed by atoms with Crippen LogP contribution >= 0.6 is 0 Å². The molecule has 0 aromatic heterocycles. The molecule has 1 aliphatic rings. The Morgan fingerprint density at radius 3 is 2.50 bits per heavy atom. The van der Waals surface area contributed by atoms with Gasteiger partial charge >= 0.3 is 0 Å². The van der Waals surface area contributed by atoms with E-state index in [1.807, 2.05) is 11.8 Å². The highest BCUT2D eigenvalue weighted by atomic mass is 32.2. The summed E-state index contributed by atoms with van der Waals surface area (Å²) in [6.07, 6.45) is 0. The number of sulfonamides is 1. The normalized spacial score (nSPS) is 18.4. The molecule has 1 saturated heterocycles. The van der Waals surface area contributed by atoms with E-state index in [0.717, 1.165) is 0 Å². The summed E-state index contributed by atoms with van der Waals surface area (Å²) in [5, 5.41) is 0. The van der Waals surface area contributed by atoms with E-state index in [0.29, 0.717) is 38.4 Å². The second kappa shape index (κ2) is 6.95. The SMILES string of the molecule is C[C@@H](CNS(=O)(=O)c1ccc(F)c(F)c1F)N1CCOCC1. The van der Waals surface area contributed by atoms with Crippen LogP contribution in [-0.4, -0.2) is 52.2 Å². The molecule has 0 aliphatic carbocycles. The smallest absolute Gasteiger partial charge is 0.243 e. The van der Waals surface area contributed by atoms with Gasteiger partial charge in [-0.05, 0) is 19.1 Å². The van der Waals surface area contributed by atoms with Crippen LogP contribution in [0.5, 0.6) is 0 Å². The van der Waals surface area contributed by atoms with E-state index in [9.17, 15) is 21.6 Å². The van der Waals surface area contributed by atoms with Gasteiger partial charge in [0, 0.05) is 25.7 Å². The second-order valence-corrected chi connectivity index (χ2v) is 6.76. The summed E-state index contributed by atoms with van der Waals surface area (Å²) in [6.45, 7) is 4.31. The minimum Gasteiger partial charge on any atom is -0.379 e. The molecule has 2 rings (SSSR count). The zero-order valence-corrected chi connectivity index (χ0v) is 12.8. The van der Waals surface area contributed by atoms with Gasteiger partial charge in [0.1, 0.15) is 4.90 Å². The largest absolute Gasteiger partial charge is 0.379 e. The topological polar surface area (TPSA) is 58.6 Å². The van der Waals surface area contributed by atoms with Crippen molar-refractivity contribution in [3.05, 3.63) is 29.6 Å². The molecule has 5 nitrogen and oxygen atoms in total. The molecular weight excluding hydrogens is 321 g/mol. The summed E-state index contributed by atoms with van der Waals surface area (Å²) in [6, 6.07) is 1.15. The molecule has 0 saturated carbocycles. The maximum atomic E-state index is 13.6. The first kappa shape index (κ1) is 17.2. The van der Waals surface area contributed by atoms with Crippen molar-refractivity contribution < 1.29 is 26.3 Å². The Labute approximate surface area is 127 Å². The van der Waals surface area contributed by atoms with Crippen molar-refractivity contribution in [1.82, 2.24) is 9.62 Å². The number of hydrogen-bond donors (Lipinski definition) is 1. The van der Waals surface area contributed by atoms with Gasteiger partial charge in [-0.15, -0.1) is 0 Å². The van der Waals surface area contributed by atoms with Crippen LogP contribution in [-0.2, 0) is 14.8 Å². The molecule has 0 unspecified atom stereocenters. The van der Waals surface area contributed by atoms with Gasteiger partial charge in [0.2, 0.25) is 10.0 Å². The quantitative estimate of drug-likeness (QED) is 0.817.